The Kier molecular flexibility index (Phi) is 3.75. The van der Waals surface area contributed by atoms with Gasteiger partial charge in [-0.2, -0.15) is 0 Å². The lowest BCUT2D eigenvalue weighted by Crippen LogP contribution is -2.34. The smallest absolute Gasteiger partial charge is 0.254 e. The first-order chi connectivity index (χ1) is 10.5. The van der Waals surface area contributed by atoms with Crippen LogP contribution in [0.15, 0.2) is 36.4 Å². The highest BCUT2D eigenvalue weighted by Crippen LogP contribution is 2.32. The van der Waals surface area contributed by atoms with E-state index in [2.05, 4.69) is 5.32 Å². The topological polar surface area (TPSA) is 38.3 Å². The molecule has 0 bridgehead atoms. The summed E-state index contributed by atoms with van der Waals surface area (Å²) < 4.78 is 45.5. The van der Waals surface area contributed by atoms with Crippen LogP contribution >= 0.6 is 0 Å². The fraction of sp³-hybridized carbons (Fsp3) is 0.188. The molecular formula is C16H12F3NO2. The van der Waals surface area contributed by atoms with E-state index in [1.54, 1.807) is 6.07 Å². The molecule has 0 saturated heterocycles. The second kappa shape index (κ2) is 5.71. The number of nitrogens with one attached hydrogen (secondary N) is 1. The van der Waals surface area contributed by atoms with Crippen LogP contribution in [0.5, 0.6) is 5.75 Å². The van der Waals surface area contributed by atoms with Crippen molar-refractivity contribution in [2.75, 3.05) is 6.54 Å². The molecule has 6 heteroatoms. The number of carbonyl (C=O) groups excluding carboxylic acids is 1. The van der Waals surface area contributed by atoms with Gasteiger partial charge in [-0.15, -0.1) is 0 Å². The largest absolute Gasteiger partial charge is 0.485 e. The molecule has 1 aliphatic rings. The summed E-state index contributed by atoms with van der Waals surface area (Å²) in [7, 11) is 0. The number of hydrogen-bond acceptors (Lipinski definition) is 2. The van der Waals surface area contributed by atoms with Crippen molar-refractivity contribution >= 4 is 5.91 Å². The molecular weight excluding hydrogens is 295 g/mol. The quantitative estimate of drug-likeness (QED) is 0.947. The minimum absolute atomic E-state index is 0.00606. The van der Waals surface area contributed by atoms with Gasteiger partial charge < -0.3 is 10.1 Å². The lowest BCUT2D eigenvalue weighted by molar-refractivity contribution is 0.0929. The van der Waals surface area contributed by atoms with E-state index >= 15 is 0 Å². The fourth-order valence-corrected chi connectivity index (χ4v) is 2.41. The van der Waals surface area contributed by atoms with E-state index < -0.39 is 29.5 Å². The van der Waals surface area contributed by atoms with E-state index in [1.165, 1.54) is 24.3 Å². The van der Waals surface area contributed by atoms with Gasteiger partial charge in [0.1, 0.15) is 17.7 Å². The average molecular weight is 307 g/mol. The summed E-state index contributed by atoms with van der Waals surface area (Å²) >= 11 is 0. The molecule has 3 nitrogen and oxygen atoms in total. The molecule has 1 aliphatic heterocycles. The summed E-state index contributed by atoms with van der Waals surface area (Å²) in [5.41, 5.74) is 0.345. The van der Waals surface area contributed by atoms with E-state index in [0.29, 0.717) is 5.56 Å². The highest BCUT2D eigenvalue weighted by molar-refractivity contribution is 5.94. The SMILES string of the molecule is O=C(NC[C@@H]1Cc2cc(F)cc(F)c2O1)c1ccccc1F. The number of halogens is 3. The van der Waals surface area contributed by atoms with Gasteiger partial charge in [-0.3, -0.25) is 4.79 Å². The number of fused-ring (bicyclic) bond motifs is 1. The van der Waals surface area contributed by atoms with E-state index in [-0.39, 0.29) is 24.3 Å². The second-order valence-electron chi connectivity index (χ2n) is 5.01. The number of ether oxygens (including phenoxy) is 1. The van der Waals surface area contributed by atoms with Gasteiger partial charge >= 0.3 is 0 Å². The van der Waals surface area contributed by atoms with Crippen molar-refractivity contribution in [1.29, 1.82) is 0 Å². The first kappa shape index (κ1) is 14.4. The van der Waals surface area contributed by atoms with Crippen LogP contribution in [0.4, 0.5) is 13.2 Å². The molecule has 0 aliphatic carbocycles. The lowest BCUT2D eigenvalue weighted by atomic mass is 10.1. The van der Waals surface area contributed by atoms with Gasteiger partial charge in [0.25, 0.3) is 5.91 Å². The zero-order valence-electron chi connectivity index (χ0n) is 11.4. The van der Waals surface area contributed by atoms with Crippen LogP contribution in [0.1, 0.15) is 15.9 Å². The molecule has 0 saturated carbocycles. The van der Waals surface area contributed by atoms with Crippen molar-refractivity contribution in [2.45, 2.75) is 12.5 Å². The molecule has 0 unspecified atom stereocenters. The Labute approximate surface area is 124 Å². The van der Waals surface area contributed by atoms with Gasteiger partial charge in [0.15, 0.2) is 11.6 Å². The summed E-state index contributed by atoms with van der Waals surface area (Å²) in [5.74, 6) is -2.63. The molecule has 0 spiro atoms. The number of benzene rings is 2. The Morgan fingerprint density at radius 3 is 2.73 bits per heavy atom. The second-order valence-corrected chi connectivity index (χ2v) is 5.01. The summed E-state index contributed by atoms with van der Waals surface area (Å²) in [6.45, 7) is 0.0723. The van der Waals surface area contributed by atoms with Crippen LogP contribution < -0.4 is 10.1 Å². The summed E-state index contributed by atoms with van der Waals surface area (Å²) in [4.78, 5) is 11.9. The first-order valence-electron chi connectivity index (χ1n) is 6.72. The van der Waals surface area contributed by atoms with Crippen molar-refractivity contribution in [3.63, 3.8) is 0 Å². The Morgan fingerprint density at radius 1 is 1.18 bits per heavy atom. The van der Waals surface area contributed by atoms with Crippen LogP contribution in [0.2, 0.25) is 0 Å². The predicted octanol–water partition coefficient (Wildman–Crippen LogP) is 2.84. The van der Waals surface area contributed by atoms with Gasteiger partial charge in [-0.1, -0.05) is 12.1 Å². The Balaban J connectivity index is 1.64. The molecule has 1 atom stereocenters. The summed E-state index contributed by atoms with van der Waals surface area (Å²) in [5, 5.41) is 2.53. The minimum Gasteiger partial charge on any atom is -0.485 e. The van der Waals surface area contributed by atoms with E-state index in [0.717, 1.165) is 6.07 Å². The third kappa shape index (κ3) is 2.77. The van der Waals surface area contributed by atoms with Crippen LogP contribution in [0.25, 0.3) is 0 Å². The monoisotopic (exact) mass is 307 g/mol. The highest BCUT2D eigenvalue weighted by Gasteiger charge is 2.27. The van der Waals surface area contributed by atoms with Crippen molar-refractivity contribution < 1.29 is 22.7 Å². The lowest BCUT2D eigenvalue weighted by Gasteiger charge is -2.12. The third-order valence-electron chi connectivity index (χ3n) is 3.43. The molecule has 3 rings (SSSR count). The van der Waals surface area contributed by atoms with Crippen molar-refractivity contribution in [3.8, 4) is 5.75 Å². The van der Waals surface area contributed by atoms with E-state index in [9.17, 15) is 18.0 Å². The molecule has 22 heavy (non-hydrogen) atoms. The van der Waals surface area contributed by atoms with Gasteiger partial charge in [0, 0.05) is 18.1 Å². The van der Waals surface area contributed by atoms with Crippen LogP contribution in [0, 0.1) is 17.5 Å². The van der Waals surface area contributed by atoms with Crippen molar-refractivity contribution in [2.24, 2.45) is 0 Å². The van der Waals surface area contributed by atoms with Gasteiger partial charge in [0.05, 0.1) is 12.1 Å². The first-order valence-corrected chi connectivity index (χ1v) is 6.72. The Morgan fingerprint density at radius 2 is 1.95 bits per heavy atom. The third-order valence-corrected chi connectivity index (χ3v) is 3.43. The Bertz CT molecular complexity index is 733. The summed E-state index contributed by atoms with van der Waals surface area (Å²) in [6, 6.07) is 7.55. The fourth-order valence-electron chi connectivity index (χ4n) is 2.41. The molecule has 1 N–H and O–H groups in total. The maximum Gasteiger partial charge on any atom is 0.254 e. The maximum absolute atomic E-state index is 13.5. The molecule has 114 valence electrons. The van der Waals surface area contributed by atoms with Crippen molar-refractivity contribution in [3.05, 3.63) is 65.0 Å². The van der Waals surface area contributed by atoms with Crippen LogP contribution in [-0.2, 0) is 6.42 Å². The minimum atomic E-state index is -0.766. The van der Waals surface area contributed by atoms with Crippen LogP contribution in [-0.4, -0.2) is 18.6 Å². The Hall–Kier alpha value is -2.50. The molecule has 0 radical (unpaired) electrons. The van der Waals surface area contributed by atoms with Gasteiger partial charge in [-0.05, 0) is 18.2 Å². The predicted molar refractivity (Wildman–Crippen MR) is 73.2 cm³/mol. The van der Waals surface area contributed by atoms with Gasteiger partial charge in [-0.25, -0.2) is 13.2 Å². The molecule has 1 heterocycles. The van der Waals surface area contributed by atoms with Crippen molar-refractivity contribution in [1.82, 2.24) is 5.32 Å². The van der Waals surface area contributed by atoms with Gasteiger partial charge in [0.2, 0.25) is 0 Å². The summed E-state index contributed by atoms with van der Waals surface area (Å²) in [6.07, 6.45) is -0.233. The zero-order valence-corrected chi connectivity index (χ0v) is 11.4. The molecule has 2 aromatic rings. The normalized spacial score (nSPS) is 16.0. The number of rotatable bonds is 3. The number of hydrogen-bond donors (Lipinski definition) is 1. The molecule has 0 fully saturated rings. The standard InChI is InChI=1S/C16H12F3NO2/c17-10-5-9-6-11(22-15(9)14(19)7-10)8-20-16(21)12-3-1-2-4-13(12)18/h1-5,7,11H,6,8H2,(H,20,21)/t11-/m0/s1. The number of amides is 1. The molecule has 2 aromatic carbocycles. The van der Waals surface area contributed by atoms with Crippen LogP contribution in [0.3, 0.4) is 0 Å². The average Bonchev–Trinajstić information content (AvgIpc) is 2.88. The molecule has 0 aromatic heterocycles. The number of carbonyl (C=O) groups is 1. The zero-order chi connectivity index (χ0) is 15.7. The maximum atomic E-state index is 13.5. The molecule has 1 amide bonds. The van der Waals surface area contributed by atoms with E-state index in [4.69, 9.17) is 4.74 Å². The van der Waals surface area contributed by atoms with E-state index in [1.807, 2.05) is 0 Å². The highest BCUT2D eigenvalue weighted by atomic mass is 19.1.